The largest absolute Gasteiger partial charge is 0.550 e. The van der Waals surface area contributed by atoms with Gasteiger partial charge in [-0.3, -0.25) is 0 Å². The van der Waals surface area contributed by atoms with Crippen molar-refractivity contribution in [2.24, 2.45) is 0 Å². The number of rotatable bonds is 4. The van der Waals surface area contributed by atoms with Crippen LogP contribution in [0.25, 0.3) is 0 Å². The summed E-state index contributed by atoms with van der Waals surface area (Å²) in [5.74, 6) is 0.773. The van der Waals surface area contributed by atoms with Crippen LogP contribution in [0.3, 0.4) is 0 Å². The SMILES string of the molecule is Cc1cc(CCCC(=O)[O-])c(C)o1. The molecule has 1 aromatic rings. The maximum Gasteiger partial charge on any atom is 0.104 e. The lowest BCUT2D eigenvalue weighted by Gasteiger charge is -2.00. The van der Waals surface area contributed by atoms with E-state index in [1.165, 1.54) is 0 Å². The molecule has 3 heteroatoms. The van der Waals surface area contributed by atoms with E-state index in [0.717, 1.165) is 23.5 Å². The van der Waals surface area contributed by atoms with Crippen molar-refractivity contribution in [1.82, 2.24) is 0 Å². The molecule has 0 N–H and O–H groups in total. The van der Waals surface area contributed by atoms with Gasteiger partial charge in [-0.2, -0.15) is 0 Å². The van der Waals surface area contributed by atoms with Crippen molar-refractivity contribution >= 4 is 5.97 Å². The lowest BCUT2D eigenvalue weighted by Crippen LogP contribution is -2.21. The minimum Gasteiger partial charge on any atom is -0.550 e. The summed E-state index contributed by atoms with van der Waals surface area (Å²) in [5, 5.41) is 10.1. The van der Waals surface area contributed by atoms with E-state index in [2.05, 4.69) is 0 Å². The van der Waals surface area contributed by atoms with Gasteiger partial charge in [-0.25, -0.2) is 0 Å². The minimum atomic E-state index is -0.988. The Balaban J connectivity index is 2.45. The van der Waals surface area contributed by atoms with Gasteiger partial charge >= 0.3 is 0 Å². The maximum absolute atomic E-state index is 10.1. The second-order valence-electron chi connectivity index (χ2n) is 3.16. The lowest BCUT2D eigenvalue weighted by molar-refractivity contribution is -0.305. The molecule has 1 aromatic heterocycles. The fourth-order valence-corrected chi connectivity index (χ4v) is 1.35. The third-order valence-electron chi connectivity index (χ3n) is 1.97. The van der Waals surface area contributed by atoms with Crippen LogP contribution in [0.2, 0.25) is 0 Å². The van der Waals surface area contributed by atoms with Crippen molar-refractivity contribution in [3.05, 3.63) is 23.2 Å². The molecule has 0 radical (unpaired) electrons. The molecule has 1 heterocycles. The van der Waals surface area contributed by atoms with Gasteiger partial charge in [0.2, 0.25) is 0 Å². The zero-order valence-corrected chi connectivity index (χ0v) is 7.92. The minimum absolute atomic E-state index is 0.115. The third kappa shape index (κ3) is 2.93. The highest BCUT2D eigenvalue weighted by Crippen LogP contribution is 2.15. The molecule has 0 aromatic carbocycles. The summed E-state index contributed by atoms with van der Waals surface area (Å²) in [6.45, 7) is 3.77. The van der Waals surface area contributed by atoms with Crippen LogP contribution < -0.4 is 5.11 Å². The second-order valence-corrected chi connectivity index (χ2v) is 3.16. The summed E-state index contributed by atoms with van der Waals surface area (Å²) in [6.07, 6.45) is 1.48. The Kier molecular flexibility index (Phi) is 3.12. The Morgan fingerprint density at radius 1 is 1.54 bits per heavy atom. The van der Waals surface area contributed by atoms with Crippen LogP contribution in [0.5, 0.6) is 0 Å². The van der Waals surface area contributed by atoms with Gasteiger partial charge in [0.05, 0.1) is 0 Å². The van der Waals surface area contributed by atoms with Gasteiger partial charge < -0.3 is 14.3 Å². The van der Waals surface area contributed by atoms with E-state index in [1.54, 1.807) is 0 Å². The molecule has 0 amide bonds. The lowest BCUT2D eigenvalue weighted by atomic mass is 10.1. The summed E-state index contributed by atoms with van der Waals surface area (Å²) in [6, 6.07) is 1.95. The van der Waals surface area contributed by atoms with Crippen LogP contribution in [-0.4, -0.2) is 5.97 Å². The zero-order valence-electron chi connectivity index (χ0n) is 7.92. The number of aryl methyl sites for hydroxylation is 3. The molecule has 0 saturated carbocycles. The van der Waals surface area contributed by atoms with E-state index in [-0.39, 0.29) is 6.42 Å². The number of carboxylic acid groups (broad SMARTS) is 1. The number of furan rings is 1. The normalized spacial score (nSPS) is 10.3. The van der Waals surface area contributed by atoms with Gasteiger partial charge in [0, 0.05) is 5.97 Å². The summed E-state index contributed by atoms with van der Waals surface area (Å²) >= 11 is 0. The molecular weight excluding hydrogens is 168 g/mol. The molecule has 0 aliphatic carbocycles. The van der Waals surface area contributed by atoms with Gasteiger partial charge in [0.1, 0.15) is 11.5 Å². The molecule has 0 spiro atoms. The maximum atomic E-state index is 10.1. The molecule has 0 saturated heterocycles. The molecule has 0 fully saturated rings. The molecule has 0 unspecified atom stereocenters. The van der Waals surface area contributed by atoms with Crippen molar-refractivity contribution in [1.29, 1.82) is 0 Å². The van der Waals surface area contributed by atoms with Crippen LogP contribution >= 0.6 is 0 Å². The monoisotopic (exact) mass is 181 g/mol. The van der Waals surface area contributed by atoms with Gasteiger partial charge in [-0.1, -0.05) is 0 Å². The van der Waals surface area contributed by atoms with Crippen molar-refractivity contribution in [2.45, 2.75) is 33.1 Å². The average molecular weight is 181 g/mol. The summed E-state index contributed by atoms with van der Waals surface area (Å²) in [7, 11) is 0. The molecule has 0 atom stereocenters. The Labute approximate surface area is 77.4 Å². The predicted octanol–water partition coefficient (Wildman–Crippen LogP) is 0.969. The highest BCUT2D eigenvalue weighted by Gasteiger charge is 2.03. The number of carbonyl (C=O) groups excluding carboxylic acids is 1. The van der Waals surface area contributed by atoms with Gasteiger partial charge in [-0.15, -0.1) is 0 Å². The molecule has 0 aliphatic heterocycles. The van der Waals surface area contributed by atoms with Crippen molar-refractivity contribution in [2.75, 3.05) is 0 Å². The van der Waals surface area contributed by atoms with E-state index in [1.807, 2.05) is 19.9 Å². The topological polar surface area (TPSA) is 53.3 Å². The first-order valence-corrected chi connectivity index (χ1v) is 4.35. The second kappa shape index (κ2) is 4.12. The Morgan fingerprint density at radius 3 is 2.69 bits per heavy atom. The van der Waals surface area contributed by atoms with Crippen LogP contribution in [0, 0.1) is 13.8 Å². The third-order valence-corrected chi connectivity index (χ3v) is 1.97. The van der Waals surface area contributed by atoms with E-state index in [0.29, 0.717) is 6.42 Å². The molecule has 0 bridgehead atoms. The highest BCUT2D eigenvalue weighted by molar-refractivity contribution is 5.64. The standard InChI is InChI=1S/C10H14O3/c1-7-6-9(8(2)13-7)4-3-5-10(11)12/h6H,3-5H2,1-2H3,(H,11,12)/p-1. The quantitative estimate of drug-likeness (QED) is 0.695. The van der Waals surface area contributed by atoms with E-state index >= 15 is 0 Å². The summed E-state index contributed by atoms with van der Waals surface area (Å²) in [4.78, 5) is 10.1. The summed E-state index contributed by atoms with van der Waals surface area (Å²) < 4.78 is 5.31. The van der Waals surface area contributed by atoms with E-state index in [9.17, 15) is 9.90 Å². The van der Waals surface area contributed by atoms with Gasteiger partial charge in [-0.05, 0) is 44.7 Å². The number of carbonyl (C=O) groups is 1. The van der Waals surface area contributed by atoms with Crippen molar-refractivity contribution < 1.29 is 14.3 Å². The first-order chi connectivity index (χ1) is 6.09. The molecule has 0 aliphatic rings. The first kappa shape index (κ1) is 9.84. The summed E-state index contributed by atoms with van der Waals surface area (Å²) in [5.41, 5.74) is 1.10. The van der Waals surface area contributed by atoms with E-state index < -0.39 is 5.97 Å². The predicted molar refractivity (Wildman–Crippen MR) is 46.1 cm³/mol. The molecular formula is C10H13O3-. The Bertz CT molecular complexity index is 299. The van der Waals surface area contributed by atoms with Crippen molar-refractivity contribution in [3.63, 3.8) is 0 Å². The molecule has 72 valence electrons. The zero-order chi connectivity index (χ0) is 9.84. The molecule has 1 rings (SSSR count). The smallest absolute Gasteiger partial charge is 0.104 e. The number of aliphatic carboxylic acids is 1. The fraction of sp³-hybridized carbons (Fsp3) is 0.500. The Morgan fingerprint density at radius 2 is 2.23 bits per heavy atom. The van der Waals surface area contributed by atoms with Gasteiger partial charge in [0.25, 0.3) is 0 Å². The first-order valence-electron chi connectivity index (χ1n) is 4.35. The van der Waals surface area contributed by atoms with Gasteiger partial charge in [0.15, 0.2) is 0 Å². The van der Waals surface area contributed by atoms with Crippen LogP contribution in [-0.2, 0) is 11.2 Å². The van der Waals surface area contributed by atoms with Crippen molar-refractivity contribution in [3.8, 4) is 0 Å². The van der Waals surface area contributed by atoms with Crippen LogP contribution in [0.4, 0.5) is 0 Å². The average Bonchev–Trinajstić information content (AvgIpc) is 2.29. The number of carboxylic acids is 1. The highest BCUT2D eigenvalue weighted by atomic mass is 16.4. The van der Waals surface area contributed by atoms with E-state index in [4.69, 9.17) is 4.42 Å². The van der Waals surface area contributed by atoms with Crippen LogP contribution in [0.1, 0.15) is 29.9 Å². The number of hydrogen-bond donors (Lipinski definition) is 0. The van der Waals surface area contributed by atoms with Crippen LogP contribution in [0.15, 0.2) is 10.5 Å². The Hall–Kier alpha value is -1.25. The molecule has 13 heavy (non-hydrogen) atoms. The molecule has 3 nitrogen and oxygen atoms in total. The fourth-order valence-electron chi connectivity index (χ4n) is 1.35. The number of hydrogen-bond acceptors (Lipinski definition) is 3.